The van der Waals surface area contributed by atoms with Gasteiger partial charge in [0.2, 0.25) is 0 Å². The molecule has 1 heterocycles. The van der Waals surface area contributed by atoms with E-state index < -0.39 is 5.60 Å². The first-order valence-corrected chi connectivity index (χ1v) is 10.9. The third kappa shape index (κ3) is 2.68. The molecule has 4 nitrogen and oxygen atoms in total. The molecule has 1 aromatic heterocycles. The number of carbonyl (C=O) groups excluding carboxylic acids is 1. The Bertz CT molecular complexity index is 1030. The number of benzene rings is 1. The van der Waals surface area contributed by atoms with Gasteiger partial charge in [-0.2, -0.15) is 0 Å². The van der Waals surface area contributed by atoms with Crippen molar-refractivity contribution >= 4 is 5.97 Å². The van der Waals surface area contributed by atoms with Crippen molar-refractivity contribution in [3.63, 3.8) is 0 Å². The van der Waals surface area contributed by atoms with E-state index in [1.165, 1.54) is 17.3 Å². The van der Waals surface area contributed by atoms with Gasteiger partial charge in [-0.25, -0.2) is 4.79 Å². The molecule has 2 aromatic rings. The Hall–Kier alpha value is -2.80. The predicted molar refractivity (Wildman–Crippen MR) is 114 cm³/mol. The fraction of sp³-hybridized carbons (Fsp3) is 0.462. The molecule has 0 unspecified atom stereocenters. The van der Waals surface area contributed by atoms with Crippen molar-refractivity contribution in [2.75, 3.05) is 0 Å². The summed E-state index contributed by atoms with van der Waals surface area (Å²) in [6, 6.07) is 9.30. The zero-order chi connectivity index (χ0) is 20.9. The van der Waals surface area contributed by atoms with Crippen LogP contribution in [-0.2, 0) is 11.2 Å². The van der Waals surface area contributed by atoms with Crippen LogP contribution in [0.4, 0.5) is 0 Å². The zero-order valence-corrected chi connectivity index (χ0v) is 17.3. The highest BCUT2D eigenvalue weighted by molar-refractivity contribution is 5.89. The number of aryl methyl sites for hydroxylation is 1. The van der Waals surface area contributed by atoms with Gasteiger partial charge in [-0.05, 0) is 91.7 Å². The van der Waals surface area contributed by atoms with E-state index in [2.05, 4.69) is 23.9 Å². The fourth-order valence-electron chi connectivity index (χ4n) is 6.70. The molecule has 0 saturated heterocycles. The molecule has 4 heteroatoms. The molecule has 0 amide bonds. The van der Waals surface area contributed by atoms with E-state index in [1.807, 2.05) is 12.1 Å². The van der Waals surface area contributed by atoms with Gasteiger partial charge in [0.05, 0.1) is 5.56 Å². The van der Waals surface area contributed by atoms with Crippen LogP contribution in [0.15, 0.2) is 42.7 Å². The van der Waals surface area contributed by atoms with Crippen molar-refractivity contribution in [3.05, 3.63) is 59.4 Å². The molecule has 0 aliphatic heterocycles. The number of hydrogen-bond donors (Lipinski definition) is 1. The lowest BCUT2D eigenvalue weighted by Crippen LogP contribution is -2.52. The van der Waals surface area contributed by atoms with Gasteiger partial charge in [0, 0.05) is 17.8 Å². The van der Waals surface area contributed by atoms with E-state index in [4.69, 9.17) is 11.2 Å². The summed E-state index contributed by atoms with van der Waals surface area (Å²) in [6.07, 6.45) is 15.0. The van der Waals surface area contributed by atoms with Crippen molar-refractivity contribution in [2.24, 2.45) is 17.3 Å². The van der Waals surface area contributed by atoms with Crippen molar-refractivity contribution in [2.45, 2.75) is 57.0 Å². The van der Waals surface area contributed by atoms with Gasteiger partial charge in [0.25, 0.3) is 0 Å². The summed E-state index contributed by atoms with van der Waals surface area (Å²) in [5.74, 6) is 4.37. The van der Waals surface area contributed by atoms with E-state index >= 15 is 0 Å². The molecule has 5 atom stereocenters. The van der Waals surface area contributed by atoms with E-state index in [-0.39, 0.29) is 11.4 Å². The molecule has 3 aliphatic carbocycles. The van der Waals surface area contributed by atoms with E-state index in [1.54, 1.807) is 18.3 Å². The number of phenols is 1. The Balaban J connectivity index is 1.45. The zero-order valence-electron chi connectivity index (χ0n) is 17.3. The highest BCUT2D eigenvalue weighted by Crippen LogP contribution is 2.65. The van der Waals surface area contributed by atoms with Crippen LogP contribution in [0.2, 0.25) is 0 Å². The number of aromatic nitrogens is 1. The highest BCUT2D eigenvalue weighted by Gasteiger charge is 2.63. The summed E-state index contributed by atoms with van der Waals surface area (Å²) in [5, 5.41) is 9.88. The topological polar surface area (TPSA) is 59.4 Å². The Morgan fingerprint density at radius 2 is 2.13 bits per heavy atom. The number of ether oxygens (including phenoxy) is 1. The largest absolute Gasteiger partial charge is 0.508 e. The number of fused-ring (bicyclic) bond motifs is 5. The van der Waals surface area contributed by atoms with Gasteiger partial charge >= 0.3 is 5.97 Å². The smallest absolute Gasteiger partial charge is 0.341 e. The molecule has 0 bridgehead atoms. The number of esters is 1. The van der Waals surface area contributed by atoms with E-state index in [0.29, 0.717) is 35.5 Å². The van der Waals surface area contributed by atoms with Gasteiger partial charge in [-0.3, -0.25) is 4.98 Å². The van der Waals surface area contributed by atoms with Crippen LogP contribution in [0.25, 0.3) is 0 Å². The lowest BCUT2D eigenvalue weighted by atomic mass is 9.53. The summed E-state index contributed by atoms with van der Waals surface area (Å²) in [4.78, 5) is 16.9. The molecule has 30 heavy (non-hydrogen) atoms. The summed E-state index contributed by atoms with van der Waals surface area (Å²) in [5.41, 5.74) is 2.01. The summed E-state index contributed by atoms with van der Waals surface area (Å²) in [7, 11) is 0. The summed E-state index contributed by atoms with van der Waals surface area (Å²) in [6.45, 7) is 2.24. The van der Waals surface area contributed by atoms with Crippen LogP contribution in [-0.4, -0.2) is 21.7 Å². The number of rotatable bonds is 2. The maximum Gasteiger partial charge on any atom is 0.341 e. The minimum atomic E-state index is -0.870. The maximum atomic E-state index is 12.9. The Labute approximate surface area is 177 Å². The molecule has 1 N–H and O–H groups in total. The number of pyridine rings is 1. The van der Waals surface area contributed by atoms with Crippen molar-refractivity contribution in [3.8, 4) is 18.1 Å². The molecule has 1 aromatic carbocycles. The van der Waals surface area contributed by atoms with Crippen LogP contribution < -0.4 is 0 Å². The minimum Gasteiger partial charge on any atom is -0.508 e. The number of terminal acetylenes is 1. The minimum absolute atomic E-state index is 0.227. The first kappa shape index (κ1) is 19.2. The van der Waals surface area contributed by atoms with Crippen LogP contribution in [0.3, 0.4) is 0 Å². The monoisotopic (exact) mass is 401 g/mol. The lowest BCUT2D eigenvalue weighted by Gasteiger charge is -2.52. The average Bonchev–Trinajstić information content (AvgIpc) is 3.06. The lowest BCUT2D eigenvalue weighted by molar-refractivity contribution is -0.0796. The average molecular weight is 402 g/mol. The van der Waals surface area contributed by atoms with E-state index in [9.17, 15) is 9.90 Å². The number of carbonyl (C=O) groups is 1. The number of hydrogen-bond acceptors (Lipinski definition) is 4. The first-order valence-electron chi connectivity index (χ1n) is 10.9. The number of phenolic OH excluding ortho intramolecular Hbond substituents is 1. The Morgan fingerprint density at radius 3 is 2.90 bits per heavy atom. The highest BCUT2D eigenvalue weighted by atomic mass is 16.6. The van der Waals surface area contributed by atoms with Crippen molar-refractivity contribution in [1.29, 1.82) is 0 Å². The van der Waals surface area contributed by atoms with Gasteiger partial charge in [0.15, 0.2) is 5.60 Å². The third-order valence-corrected chi connectivity index (χ3v) is 8.23. The first-order chi connectivity index (χ1) is 14.5. The molecular weight excluding hydrogens is 374 g/mol. The Morgan fingerprint density at radius 1 is 1.27 bits per heavy atom. The summed E-state index contributed by atoms with van der Waals surface area (Å²) < 4.78 is 6.12. The second kappa shape index (κ2) is 6.87. The maximum absolute atomic E-state index is 12.9. The third-order valence-electron chi connectivity index (χ3n) is 8.23. The number of aromatic hydroxyl groups is 1. The molecule has 5 rings (SSSR count). The normalized spacial score (nSPS) is 34.2. The molecule has 154 valence electrons. The summed E-state index contributed by atoms with van der Waals surface area (Å²) >= 11 is 0. The molecule has 2 saturated carbocycles. The van der Waals surface area contributed by atoms with Gasteiger partial charge in [-0.15, -0.1) is 6.42 Å². The quantitative estimate of drug-likeness (QED) is 0.576. The molecular formula is C26H27NO3. The van der Waals surface area contributed by atoms with Crippen molar-refractivity contribution < 1.29 is 14.6 Å². The van der Waals surface area contributed by atoms with Gasteiger partial charge in [-0.1, -0.05) is 18.9 Å². The molecule has 2 fully saturated rings. The second-order valence-electron chi connectivity index (χ2n) is 9.40. The SMILES string of the molecule is C#C[C@]1(OC(=O)c2cccnc2)CC[C@H]2[C@@H]3CCc4cc(O)ccc4[C@H]3CC[C@@]21C. The fourth-order valence-corrected chi connectivity index (χ4v) is 6.70. The van der Waals surface area contributed by atoms with Crippen LogP contribution in [0.1, 0.15) is 66.4 Å². The molecule has 0 spiro atoms. The van der Waals surface area contributed by atoms with Crippen LogP contribution in [0, 0.1) is 29.6 Å². The van der Waals surface area contributed by atoms with Gasteiger partial charge in [0.1, 0.15) is 5.75 Å². The van der Waals surface area contributed by atoms with Gasteiger partial charge < -0.3 is 9.84 Å². The molecule has 0 radical (unpaired) electrons. The Kier molecular flexibility index (Phi) is 4.39. The number of nitrogens with zero attached hydrogens (tertiary/aromatic N) is 1. The van der Waals surface area contributed by atoms with Crippen molar-refractivity contribution in [1.82, 2.24) is 4.98 Å². The predicted octanol–water partition coefficient (Wildman–Crippen LogP) is 4.87. The standard InChI is InChI=1S/C26H27NO3/c1-3-26(30-24(29)18-5-4-14-27-16-18)13-11-23-22-8-6-17-15-19(28)7-9-20(17)21(22)10-12-25(23,26)2/h1,4-5,7,9,14-16,21-23,28H,6,8,10-13H2,2H3/t21-,22-,23+,25+,26+/m1/s1. The van der Waals surface area contributed by atoms with E-state index in [0.717, 1.165) is 32.1 Å². The van der Waals surface area contributed by atoms with Crippen LogP contribution in [0.5, 0.6) is 5.75 Å². The van der Waals surface area contributed by atoms with Crippen LogP contribution >= 0.6 is 0 Å². The second-order valence-corrected chi connectivity index (χ2v) is 9.40. The molecule has 3 aliphatic rings.